The average Bonchev–Trinajstić information content (AvgIpc) is 2.83. The molecular weight excluding hydrogens is 380 g/mol. The number of piperazine rings is 1. The van der Waals surface area contributed by atoms with Gasteiger partial charge in [-0.15, -0.1) is 0 Å². The molecule has 7 heteroatoms. The molecule has 0 saturated carbocycles. The summed E-state index contributed by atoms with van der Waals surface area (Å²) in [5.74, 6) is 3.22. The minimum absolute atomic E-state index is 0.739. The van der Waals surface area contributed by atoms with Gasteiger partial charge in [0.2, 0.25) is 0 Å². The van der Waals surface area contributed by atoms with Crippen LogP contribution in [0, 0.1) is 0 Å². The van der Waals surface area contributed by atoms with Gasteiger partial charge >= 0.3 is 0 Å². The summed E-state index contributed by atoms with van der Waals surface area (Å²) in [5, 5.41) is 0. The maximum absolute atomic E-state index is 5.45. The minimum atomic E-state index is 0.739. The zero-order valence-corrected chi connectivity index (χ0v) is 17.5. The number of aromatic nitrogens is 2. The summed E-state index contributed by atoms with van der Waals surface area (Å²) in [6.07, 6.45) is 3.49. The van der Waals surface area contributed by atoms with E-state index in [1.807, 2.05) is 36.4 Å². The predicted molar refractivity (Wildman–Crippen MR) is 118 cm³/mol. The monoisotopic (exact) mass is 406 g/mol. The first-order chi connectivity index (χ1) is 14.7. The van der Waals surface area contributed by atoms with E-state index in [4.69, 9.17) is 14.2 Å². The van der Waals surface area contributed by atoms with Crippen molar-refractivity contribution in [2.24, 2.45) is 0 Å². The number of nitrogens with zero attached hydrogens (tertiary/aromatic N) is 4. The maximum Gasteiger partial charge on any atom is 0.162 e. The van der Waals surface area contributed by atoms with Crippen LogP contribution in [0.5, 0.6) is 17.2 Å². The number of ether oxygens (including phenoxy) is 3. The van der Waals surface area contributed by atoms with E-state index < -0.39 is 0 Å². The standard InChI is InChI=1S/C23H26N4O3/c1-28-19-7-4-17(5-8-19)22-23(25-11-10-24-22)27-14-12-26(13-15-27)18-6-9-20(29-2)21(16-18)30-3/h4-11,16H,12-15H2,1-3H3. The highest BCUT2D eigenvalue weighted by molar-refractivity contribution is 5.72. The van der Waals surface area contributed by atoms with E-state index in [1.165, 1.54) is 0 Å². The summed E-state index contributed by atoms with van der Waals surface area (Å²) in [5.41, 5.74) is 3.04. The lowest BCUT2D eigenvalue weighted by Crippen LogP contribution is -2.47. The molecule has 0 amide bonds. The van der Waals surface area contributed by atoms with Crippen molar-refractivity contribution in [3.8, 4) is 28.5 Å². The highest BCUT2D eigenvalue weighted by Crippen LogP contribution is 2.33. The first-order valence-electron chi connectivity index (χ1n) is 9.91. The fourth-order valence-corrected chi connectivity index (χ4v) is 3.71. The first-order valence-corrected chi connectivity index (χ1v) is 9.91. The van der Waals surface area contributed by atoms with Gasteiger partial charge in [0.15, 0.2) is 17.3 Å². The van der Waals surface area contributed by atoms with Gasteiger partial charge in [-0.1, -0.05) is 0 Å². The van der Waals surface area contributed by atoms with Crippen molar-refractivity contribution in [3.63, 3.8) is 0 Å². The summed E-state index contributed by atoms with van der Waals surface area (Å²) in [6.45, 7) is 3.48. The summed E-state index contributed by atoms with van der Waals surface area (Å²) in [7, 11) is 4.98. The third-order valence-corrected chi connectivity index (χ3v) is 5.35. The van der Waals surface area contributed by atoms with Gasteiger partial charge in [-0.2, -0.15) is 0 Å². The molecule has 1 fully saturated rings. The van der Waals surface area contributed by atoms with Crippen molar-refractivity contribution < 1.29 is 14.2 Å². The number of rotatable bonds is 6. The molecule has 2 aromatic carbocycles. The highest BCUT2D eigenvalue weighted by atomic mass is 16.5. The summed E-state index contributed by atoms with van der Waals surface area (Å²) < 4.78 is 16.1. The Morgan fingerprint density at radius 1 is 0.700 bits per heavy atom. The van der Waals surface area contributed by atoms with Crippen molar-refractivity contribution in [1.29, 1.82) is 0 Å². The van der Waals surface area contributed by atoms with Crippen LogP contribution in [0.4, 0.5) is 11.5 Å². The number of benzene rings is 2. The third kappa shape index (κ3) is 3.96. The van der Waals surface area contributed by atoms with Gasteiger partial charge in [0, 0.05) is 55.9 Å². The molecule has 0 spiro atoms. The Bertz CT molecular complexity index is 986. The smallest absolute Gasteiger partial charge is 0.162 e. The van der Waals surface area contributed by atoms with Crippen molar-refractivity contribution in [1.82, 2.24) is 9.97 Å². The average molecular weight is 406 g/mol. The second-order valence-electron chi connectivity index (χ2n) is 6.97. The lowest BCUT2D eigenvalue weighted by Gasteiger charge is -2.37. The second kappa shape index (κ2) is 8.90. The molecule has 0 bridgehead atoms. The van der Waals surface area contributed by atoms with E-state index in [1.54, 1.807) is 33.7 Å². The lowest BCUT2D eigenvalue weighted by molar-refractivity contribution is 0.355. The molecule has 2 heterocycles. The van der Waals surface area contributed by atoms with Crippen LogP contribution >= 0.6 is 0 Å². The minimum Gasteiger partial charge on any atom is -0.497 e. The Labute approximate surface area is 176 Å². The van der Waals surface area contributed by atoms with Crippen LogP contribution in [0.15, 0.2) is 54.9 Å². The van der Waals surface area contributed by atoms with Crippen LogP contribution in [-0.2, 0) is 0 Å². The zero-order chi connectivity index (χ0) is 20.9. The van der Waals surface area contributed by atoms with E-state index in [0.29, 0.717) is 0 Å². The van der Waals surface area contributed by atoms with E-state index in [-0.39, 0.29) is 0 Å². The van der Waals surface area contributed by atoms with Crippen LogP contribution in [0.2, 0.25) is 0 Å². The SMILES string of the molecule is COc1ccc(-c2nccnc2N2CCN(c3ccc(OC)c(OC)c3)CC2)cc1. The Morgan fingerprint density at radius 2 is 1.37 bits per heavy atom. The van der Waals surface area contributed by atoms with Gasteiger partial charge in [-0.3, -0.25) is 4.98 Å². The van der Waals surface area contributed by atoms with Gasteiger partial charge in [0.1, 0.15) is 11.4 Å². The van der Waals surface area contributed by atoms with E-state index >= 15 is 0 Å². The molecule has 3 aromatic rings. The molecule has 1 aromatic heterocycles. The van der Waals surface area contributed by atoms with Gasteiger partial charge < -0.3 is 24.0 Å². The summed E-state index contributed by atoms with van der Waals surface area (Å²) in [4.78, 5) is 13.9. The number of anilines is 2. The van der Waals surface area contributed by atoms with Crippen LogP contribution in [0.3, 0.4) is 0 Å². The fraction of sp³-hybridized carbons (Fsp3) is 0.304. The van der Waals surface area contributed by atoms with Crippen molar-refractivity contribution in [2.75, 3.05) is 57.3 Å². The van der Waals surface area contributed by atoms with E-state index in [9.17, 15) is 0 Å². The van der Waals surface area contributed by atoms with Gasteiger partial charge in [-0.25, -0.2) is 4.98 Å². The highest BCUT2D eigenvalue weighted by Gasteiger charge is 2.22. The lowest BCUT2D eigenvalue weighted by atomic mass is 10.1. The molecule has 1 aliphatic rings. The summed E-state index contributed by atoms with van der Waals surface area (Å²) in [6, 6.07) is 14.0. The number of hydrogen-bond acceptors (Lipinski definition) is 7. The van der Waals surface area contributed by atoms with Crippen molar-refractivity contribution >= 4 is 11.5 Å². The molecule has 0 aliphatic carbocycles. The molecule has 1 aliphatic heterocycles. The first kappa shape index (κ1) is 19.8. The molecule has 0 atom stereocenters. The van der Waals surface area contributed by atoms with E-state index in [2.05, 4.69) is 25.8 Å². The zero-order valence-electron chi connectivity index (χ0n) is 17.5. The van der Waals surface area contributed by atoms with Crippen LogP contribution < -0.4 is 24.0 Å². The molecule has 0 unspecified atom stereocenters. The largest absolute Gasteiger partial charge is 0.497 e. The molecule has 4 rings (SSSR count). The Kier molecular flexibility index (Phi) is 5.88. The molecule has 0 N–H and O–H groups in total. The van der Waals surface area contributed by atoms with Crippen molar-refractivity contribution in [2.45, 2.75) is 0 Å². The normalized spacial score (nSPS) is 13.8. The van der Waals surface area contributed by atoms with Gasteiger partial charge in [0.05, 0.1) is 21.3 Å². The second-order valence-corrected chi connectivity index (χ2v) is 6.97. The van der Waals surface area contributed by atoms with Gasteiger partial charge in [0.25, 0.3) is 0 Å². The van der Waals surface area contributed by atoms with Crippen LogP contribution in [0.1, 0.15) is 0 Å². The molecule has 1 saturated heterocycles. The van der Waals surface area contributed by atoms with Crippen LogP contribution in [0.25, 0.3) is 11.3 Å². The molecule has 7 nitrogen and oxygen atoms in total. The molecular formula is C23H26N4O3. The Morgan fingerprint density at radius 3 is 2.03 bits per heavy atom. The third-order valence-electron chi connectivity index (χ3n) is 5.35. The Hall–Kier alpha value is -3.48. The summed E-state index contributed by atoms with van der Waals surface area (Å²) >= 11 is 0. The number of methoxy groups -OCH3 is 3. The molecule has 156 valence electrons. The topological polar surface area (TPSA) is 60.0 Å². The Balaban J connectivity index is 1.51. The van der Waals surface area contributed by atoms with Crippen molar-refractivity contribution in [3.05, 3.63) is 54.9 Å². The number of hydrogen-bond donors (Lipinski definition) is 0. The van der Waals surface area contributed by atoms with E-state index in [0.717, 1.165) is 66.2 Å². The predicted octanol–water partition coefficient (Wildman–Crippen LogP) is 3.50. The maximum atomic E-state index is 5.45. The van der Waals surface area contributed by atoms with Gasteiger partial charge in [-0.05, 0) is 36.4 Å². The molecule has 0 radical (unpaired) electrons. The fourth-order valence-electron chi connectivity index (χ4n) is 3.71. The van der Waals surface area contributed by atoms with Crippen LogP contribution in [-0.4, -0.2) is 57.5 Å². The molecule has 30 heavy (non-hydrogen) atoms. The quantitative estimate of drug-likeness (QED) is 0.621.